The minimum absolute atomic E-state index is 0.362. The molecule has 2 aliphatic heterocycles. The first-order valence-corrected chi connectivity index (χ1v) is 8.74. The Bertz CT molecular complexity index is 639. The number of rotatable bonds is 3. The number of ether oxygens (including phenoxy) is 1. The molecule has 0 aliphatic carbocycles. The highest BCUT2D eigenvalue weighted by Crippen LogP contribution is 2.26. The summed E-state index contributed by atoms with van der Waals surface area (Å²) in [5.74, 6) is 1.72. The zero-order valence-electron chi connectivity index (χ0n) is 12.5. The van der Waals surface area contributed by atoms with Gasteiger partial charge >= 0.3 is 0 Å². The van der Waals surface area contributed by atoms with Crippen LogP contribution in [0.2, 0.25) is 0 Å². The summed E-state index contributed by atoms with van der Waals surface area (Å²) in [6, 6.07) is 4.52. The Balaban J connectivity index is 1.47. The van der Waals surface area contributed by atoms with Crippen molar-refractivity contribution in [3.05, 3.63) is 34.2 Å². The molecular weight excluding hydrogens is 296 g/mol. The summed E-state index contributed by atoms with van der Waals surface area (Å²) < 4.78 is 5.52. The fourth-order valence-corrected chi connectivity index (χ4v) is 3.95. The van der Waals surface area contributed by atoms with Gasteiger partial charge in [0.2, 0.25) is 5.95 Å². The van der Waals surface area contributed by atoms with Gasteiger partial charge in [0.15, 0.2) is 0 Å². The van der Waals surface area contributed by atoms with Crippen molar-refractivity contribution >= 4 is 23.1 Å². The van der Waals surface area contributed by atoms with Crippen LogP contribution in [0.4, 0.5) is 11.8 Å². The van der Waals surface area contributed by atoms with Crippen molar-refractivity contribution < 1.29 is 4.74 Å². The molecule has 0 radical (unpaired) electrons. The van der Waals surface area contributed by atoms with E-state index in [1.165, 1.54) is 10.4 Å². The number of hydrogen-bond acceptors (Lipinski definition) is 6. The number of anilines is 2. The first-order valence-electron chi connectivity index (χ1n) is 7.86. The van der Waals surface area contributed by atoms with Gasteiger partial charge in [-0.05, 0) is 42.3 Å². The molecule has 1 atom stereocenters. The summed E-state index contributed by atoms with van der Waals surface area (Å²) in [6.07, 6.45) is 5.19. The lowest BCUT2D eigenvalue weighted by Gasteiger charge is -2.28. The molecule has 22 heavy (non-hydrogen) atoms. The zero-order valence-corrected chi connectivity index (χ0v) is 13.3. The summed E-state index contributed by atoms with van der Waals surface area (Å²) >= 11 is 1.86. The molecule has 1 saturated heterocycles. The van der Waals surface area contributed by atoms with Crippen LogP contribution in [0.3, 0.4) is 0 Å². The Morgan fingerprint density at radius 2 is 2.36 bits per heavy atom. The highest BCUT2D eigenvalue weighted by atomic mass is 32.1. The van der Waals surface area contributed by atoms with Gasteiger partial charge in [0.1, 0.15) is 5.82 Å². The normalized spacial score (nSPS) is 21.5. The molecule has 0 aromatic carbocycles. The van der Waals surface area contributed by atoms with E-state index in [1.54, 1.807) is 0 Å². The highest BCUT2D eigenvalue weighted by molar-refractivity contribution is 7.10. The van der Waals surface area contributed by atoms with E-state index in [2.05, 4.69) is 26.6 Å². The topological polar surface area (TPSA) is 50.3 Å². The fourth-order valence-electron chi connectivity index (χ4n) is 3.06. The van der Waals surface area contributed by atoms with Crippen molar-refractivity contribution in [3.8, 4) is 0 Å². The molecule has 2 aromatic rings. The lowest BCUT2D eigenvalue weighted by atomic mass is 10.1. The van der Waals surface area contributed by atoms with E-state index < -0.39 is 0 Å². The number of nitrogens with one attached hydrogen (secondary N) is 1. The van der Waals surface area contributed by atoms with Crippen molar-refractivity contribution in [1.29, 1.82) is 0 Å². The molecule has 116 valence electrons. The minimum atomic E-state index is 0.362. The lowest BCUT2D eigenvalue weighted by molar-refractivity contribution is 0.0875. The third-order valence-electron chi connectivity index (χ3n) is 4.25. The van der Waals surface area contributed by atoms with Crippen LogP contribution < -0.4 is 10.2 Å². The van der Waals surface area contributed by atoms with E-state index in [4.69, 9.17) is 9.72 Å². The maximum atomic E-state index is 5.52. The van der Waals surface area contributed by atoms with E-state index >= 15 is 0 Å². The first kappa shape index (κ1) is 14.0. The molecule has 1 N–H and O–H groups in total. The summed E-state index contributed by atoms with van der Waals surface area (Å²) in [4.78, 5) is 12.9. The smallest absolute Gasteiger partial charge is 0.227 e. The summed E-state index contributed by atoms with van der Waals surface area (Å²) in [5.41, 5.74) is 1.42. The Morgan fingerprint density at radius 1 is 1.36 bits per heavy atom. The average Bonchev–Trinajstić information content (AvgIpc) is 3.04. The van der Waals surface area contributed by atoms with Crippen molar-refractivity contribution in [2.45, 2.75) is 31.8 Å². The van der Waals surface area contributed by atoms with Gasteiger partial charge in [0.25, 0.3) is 0 Å². The molecular formula is C16H20N4OS. The van der Waals surface area contributed by atoms with Crippen molar-refractivity contribution in [3.63, 3.8) is 0 Å². The second-order valence-electron chi connectivity index (χ2n) is 5.84. The van der Waals surface area contributed by atoms with Gasteiger partial charge in [-0.2, -0.15) is 4.98 Å². The fraction of sp³-hybridized carbons (Fsp3) is 0.500. The lowest BCUT2D eigenvalue weighted by Crippen LogP contribution is -2.32. The van der Waals surface area contributed by atoms with Crippen LogP contribution in [0.15, 0.2) is 23.7 Å². The van der Waals surface area contributed by atoms with Gasteiger partial charge in [-0.15, -0.1) is 11.3 Å². The SMILES string of the molecule is c1cc(N[C@@H]2CCCOC2)nc(N2CCc3sccc3C2)n1. The van der Waals surface area contributed by atoms with Gasteiger partial charge < -0.3 is 15.0 Å². The van der Waals surface area contributed by atoms with Crippen LogP contribution in [0.1, 0.15) is 23.3 Å². The Kier molecular flexibility index (Phi) is 3.95. The maximum Gasteiger partial charge on any atom is 0.227 e. The minimum Gasteiger partial charge on any atom is -0.379 e. The average molecular weight is 316 g/mol. The predicted molar refractivity (Wildman–Crippen MR) is 88.6 cm³/mol. The van der Waals surface area contributed by atoms with E-state index in [0.29, 0.717) is 6.04 Å². The number of hydrogen-bond donors (Lipinski definition) is 1. The molecule has 5 nitrogen and oxygen atoms in total. The third-order valence-corrected chi connectivity index (χ3v) is 5.27. The van der Waals surface area contributed by atoms with E-state index in [0.717, 1.165) is 57.3 Å². The Morgan fingerprint density at radius 3 is 3.27 bits per heavy atom. The third kappa shape index (κ3) is 2.94. The first-order chi connectivity index (χ1) is 10.9. The standard InChI is InChI=1S/C16H20N4OS/c1-2-13(11-21-8-1)18-15-3-6-17-16(19-15)20-7-4-14-12(10-20)5-9-22-14/h3,5-6,9,13H,1-2,4,7-8,10-11H2,(H,17,18,19)/t13-/m1/s1. The molecule has 4 rings (SSSR count). The Hall–Kier alpha value is -1.66. The molecule has 1 fully saturated rings. The quantitative estimate of drug-likeness (QED) is 0.943. The van der Waals surface area contributed by atoms with Crippen molar-refractivity contribution in [2.75, 3.05) is 30.0 Å². The number of aromatic nitrogens is 2. The monoisotopic (exact) mass is 316 g/mol. The molecule has 0 bridgehead atoms. The molecule has 2 aliphatic rings. The number of thiophene rings is 1. The molecule has 0 spiro atoms. The molecule has 0 amide bonds. The number of nitrogens with zero attached hydrogens (tertiary/aromatic N) is 3. The van der Waals surface area contributed by atoms with Gasteiger partial charge in [-0.3, -0.25) is 0 Å². The van der Waals surface area contributed by atoms with E-state index in [9.17, 15) is 0 Å². The van der Waals surface area contributed by atoms with Gasteiger partial charge in [-0.25, -0.2) is 4.98 Å². The molecule has 2 aromatic heterocycles. The van der Waals surface area contributed by atoms with Crippen molar-refractivity contribution in [2.24, 2.45) is 0 Å². The second-order valence-corrected chi connectivity index (χ2v) is 6.84. The van der Waals surface area contributed by atoms with Crippen LogP contribution in [0.25, 0.3) is 0 Å². The van der Waals surface area contributed by atoms with Crippen LogP contribution in [-0.2, 0) is 17.7 Å². The highest BCUT2D eigenvalue weighted by Gasteiger charge is 2.20. The second kappa shape index (κ2) is 6.22. The molecule has 6 heteroatoms. The summed E-state index contributed by atoms with van der Waals surface area (Å²) in [5, 5.41) is 5.65. The predicted octanol–water partition coefficient (Wildman–Crippen LogP) is 2.69. The van der Waals surface area contributed by atoms with Gasteiger partial charge in [-0.1, -0.05) is 0 Å². The molecule has 0 unspecified atom stereocenters. The van der Waals surface area contributed by atoms with Crippen LogP contribution in [-0.4, -0.2) is 35.8 Å². The van der Waals surface area contributed by atoms with Crippen LogP contribution >= 0.6 is 11.3 Å². The number of fused-ring (bicyclic) bond motifs is 1. The van der Waals surface area contributed by atoms with Gasteiger partial charge in [0, 0.05) is 30.8 Å². The summed E-state index contributed by atoms with van der Waals surface area (Å²) in [6.45, 7) is 3.55. The van der Waals surface area contributed by atoms with Gasteiger partial charge in [0.05, 0.1) is 12.6 Å². The largest absolute Gasteiger partial charge is 0.379 e. The van der Waals surface area contributed by atoms with Crippen molar-refractivity contribution in [1.82, 2.24) is 9.97 Å². The van der Waals surface area contributed by atoms with E-state index in [-0.39, 0.29) is 0 Å². The Labute approximate surface area is 134 Å². The molecule has 0 saturated carbocycles. The van der Waals surface area contributed by atoms with E-state index in [1.807, 2.05) is 23.6 Å². The van der Waals surface area contributed by atoms with Crippen LogP contribution in [0.5, 0.6) is 0 Å². The zero-order chi connectivity index (χ0) is 14.8. The summed E-state index contributed by atoms with van der Waals surface area (Å²) in [7, 11) is 0. The van der Waals surface area contributed by atoms with Crippen LogP contribution in [0, 0.1) is 0 Å². The maximum absolute atomic E-state index is 5.52. The molecule has 4 heterocycles.